The largest absolute Gasteiger partial charge is 0.368 e. The highest BCUT2D eigenvalue weighted by Gasteiger charge is 2.19. The van der Waals surface area contributed by atoms with Crippen LogP contribution >= 0.6 is 0 Å². The maximum Gasteiger partial charge on any atom is 0.271 e. The van der Waals surface area contributed by atoms with E-state index in [2.05, 4.69) is 30.6 Å². The van der Waals surface area contributed by atoms with Gasteiger partial charge >= 0.3 is 0 Å². The van der Waals surface area contributed by atoms with E-state index in [4.69, 9.17) is 11.5 Å². The van der Waals surface area contributed by atoms with Crippen molar-refractivity contribution >= 4 is 40.2 Å². The molecule has 6 N–H and O–H groups in total. The van der Waals surface area contributed by atoms with Crippen molar-refractivity contribution < 1.29 is 9.59 Å². The van der Waals surface area contributed by atoms with Crippen LogP contribution in [0.4, 0.5) is 17.3 Å². The molecule has 0 spiro atoms. The second kappa shape index (κ2) is 8.46. The SMILES string of the molecule is CC(C)CC(Nc1cnc(C(N)=O)c(Nc2cnc3cccnc3c2)n1)C(N)=O. The number of nitrogens with two attached hydrogens (primary N) is 2. The maximum atomic E-state index is 11.8. The van der Waals surface area contributed by atoms with E-state index < -0.39 is 17.9 Å². The van der Waals surface area contributed by atoms with Crippen LogP contribution in [0, 0.1) is 5.92 Å². The fourth-order valence-corrected chi connectivity index (χ4v) is 2.78. The molecular formula is C19H22N8O2. The first kappa shape index (κ1) is 19.9. The molecule has 3 aromatic rings. The van der Waals surface area contributed by atoms with E-state index in [9.17, 15) is 9.59 Å². The Morgan fingerprint density at radius 2 is 1.90 bits per heavy atom. The topological polar surface area (TPSA) is 162 Å². The summed E-state index contributed by atoms with van der Waals surface area (Å²) >= 11 is 0. The Bertz CT molecular complexity index is 1050. The van der Waals surface area contributed by atoms with Crippen molar-refractivity contribution in [2.24, 2.45) is 17.4 Å². The Labute approximate surface area is 167 Å². The van der Waals surface area contributed by atoms with Gasteiger partial charge in [0, 0.05) is 6.20 Å². The van der Waals surface area contributed by atoms with Crippen LogP contribution in [-0.2, 0) is 4.79 Å². The van der Waals surface area contributed by atoms with Gasteiger partial charge in [-0.3, -0.25) is 19.6 Å². The number of carbonyl (C=O) groups is 2. The molecule has 29 heavy (non-hydrogen) atoms. The van der Waals surface area contributed by atoms with Gasteiger partial charge in [-0.15, -0.1) is 0 Å². The summed E-state index contributed by atoms with van der Waals surface area (Å²) in [6, 6.07) is 4.77. The minimum atomic E-state index is -0.743. The number of aromatic nitrogens is 4. The van der Waals surface area contributed by atoms with Crippen molar-refractivity contribution in [2.45, 2.75) is 26.3 Å². The molecule has 3 aromatic heterocycles. The molecule has 0 aliphatic heterocycles. The lowest BCUT2D eigenvalue weighted by atomic mass is 10.0. The Kier molecular flexibility index (Phi) is 5.82. The minimum absolute atomic E-state index is 0.0452. The number of nitrogens with one attached hydrogen (secondary N) is 2. The van der Waals surface area contributed by atoms with E-state index >= 15 is 0 Å². The fraction of sp³-hybridized carbons (Fsp3) is 0.263. The quantitative estimate of drug-likeness (QED) is 0.447. The Balaban J connectivity index is 1.91. The molecule has 0 bridgehead atoms. The zero-order valence-electron chi connectivity index (χ0n) is 16.1. The molecule has 1 atom stereocenters. The van der Waals surface area contributed by atoms with E-state index in [1.807, 2.05) is 19.9 Å². The number of nitrogens with zero attached hydrogens (tertiary/aromatic N) is 4. The predicted molar refractivity (Wildman–Crippen MR) is 109 cm³/mol. The van der Waals surface area contributed by atoms with Gasteiger partial charge in [0.1, 0.15) is 11.9 Å². The molecule has 1 unspecified atom stereocenters. The molecule has 10 heteroatoms. The van der Waals surface area contributed by atoms with E-state index in [0.29, 0.717) is 17.6 Å². The number of fused-ring (bicyclic) bond motifs is 1. The summed E-state index contributed by atoms with van der Waals surface area (Å²) in [6.45, 7) is 3.96. The number of anilines is 3. The summed E-state index contributed by atoms with van der Waals surface area (Å²) in [6.07, 6.45) is 5.10. The number of primary amides is 2. The van der Waals surface area contributed by atoms with Gasteiger partial charge in [0.25, 0.3) is 5.91 Å². The van der Waals surface area contributed by atoms with Crippen LogP contribution in [0.25, 0.3) is 11.0 Å². The van der Waals surface area contributed by atoms with Crippen LogP contribution in [0.5, 0.6) is 0 Å². The minimum Gasteiger partial charge on any atom is -0.368 e. The first-order valence-corrected chi connectivity index (χ1v) is 9.04. The average molecular weight is 394 g/mol. The van der Waals surface area contributed by atoms with Crippen LogP contribution in [0.3, 0.4) is 0 Å². The predicted octanol–water partition coefficient (Wildman–Crippen LogP) is 1.57. The highest BCUT2D eigenvalue weighted by Crippen LogP contribution is 2.22. The van der Waals surface area contributed by atoms with Crippen molar-refractivity contribution in [1.29, 1.82) is 0 Å². The van der Waals surface area contributed by atoms with Gasteiger partial charge in [0.05, 0.1) is 29.1 Å². The summed E-state index contributed by atoms with van der Waals surface area (Å²) < 4.78 is 0. The first-order valence-electron chi connectivity index (χ1n) is 9.04. The van der Waals surface area contributed by atoms with Gasteiger partial charge in [0.2, 0.25) is 5.91 Å². The lowest BCUT2D eigenvalue weighted by Crippen LogP contribution is -2.37. The molecule has 0 fully saturated rings. The lowest BCUT2D eigenvalue weighted by molar-refractivity contribution is -0.119. The Morgan fingerprint density at radius 3 is 2.59 bits per heavy atom. The third-order valence-electron chi connectivity index (χ3n) is 4.09. The van der Waals surface area contributed by atoms with Crippen LogP contribution < -0.4 is 22.1 Å². The molecule has 3 rings (SSSR count). The monoisotopic (exact) mass is 394 g/mol. The van der Waals surface area contributed by atoms with Crippen LogP contribution in [0.2, 0.25) is 0 Å². The van der Waals surface area contributed by atoms with Gasteiger partial charge in [-0.05, 0) is 30.5 Å². The molecular weight excluding hydrogens is 372 g/mol. The van der Waals surface area contributed by atoms with E-state index in [0.717, 1.165) is 5.52 Å². The molecule has 0 radical (unpaired) electrons. The second-order valence-electron chi connectivity index (χ2n) is 6.94. The third kappa shape index (κ3) is 4.92. The molecule has 0 saturated heterocycles. The number of carbonyl (C=O) groups excluding carboxylic acids is 2. The van der Waals surface area contributed by atoms with Crippen molar-refractivity contribution in [3.63, 3.8) is 0 Å². The molecule has 0 aromatic carbocycles. The highest BCUT2D eigenvalue weighted by atomic mass is 16.1. The molecule has 0 saturated carbocycles. The number of hydrogen-bond donors (Lipinski definition) is 4. The van der Waals surface area contributed by atoms with Gasteiger partial charge in [-0.25, -0.2) is 9.97 Å². The van der Waals surface area contributed by atoms with E-state index in [1.165, 1.54) is 6.20 Å². The van der Waals surface area contributed by atoms with Gasteiger partial charge in [-0.2, -0.15) is 0 Å². The van der Waals surface area contributed by atoms with Crippen molar-refractivity contribution in [3.8, 4) is 0 Å². The number of hydrogen-bond acceptors (Lipinski definition) is 8. The van der Waals surface area contributed by atoms with Crippen LogP contribution in [0.15, 0.2) is 36.8 Å². The zero-order valence-corrected chi connectivity index (χ0v) is 16.1. The normalized spacial score (nSPS) is 12.0. The van der Waals surface area contributed by atoms with Crippen LogP contribution in [-0.4, -0.2) is 37.8 Å². The zero-order chi connectivity index (χ0) is 21.0. The van der Waals surface area contributed by atoms with Crippen molar-refractivity contribution in [1.82, 2.24) is 19.9 Å². The summed E-state index contributed by atoms with van der Waals surface area (Å²) in [4.78, 5) is 40.5. The molecule has 3 heterocycles. The Morgan fingerprint density at radius 1 is 1.10 bits per heavy atom. The van der Waals surface area contributed by atoms with Gasteiger partial charge < -0.3 is 22.1 Å². The molecule has 10 nitrogen and oxygen atoms in total. The second-order valence-corrected chi connectivity index (χ2v) is 6.94. The summed E-state index contributed by atoms with van der Waals surface area (Å²) in [5.41, 5.74) is 12.8. The van der Waals surface area contributed by atoms with Crippen LogP contribution in [0.1, 0.15) is 30.8 Å². The molecule has 0 aliphatic rings. The lowest BCUT2D eigenvalue weighted by Gasteiger charge is -2.18. The van der Waals surface area contributed by atoms with E-state index in [1.54, 1.807) is 24.5 Å². The smallest absolute Gasteiger partial charge is 0.271 e. The molecule has 2 amide bonds. The van der Waals surface area contributed by atoms with Crippen molar-refractivity contribution in [3.05, 3.63) is 42.5 Å². The highest BCUT2D eigenvalue weighted by molar-refractivity contribution is 5.96. The van der Waals surface area contributed by atoms with Gasteiger partial charge in [-0.1, -0.05) is 13.8 Å². The average Bonchev–Trinajstić information content (AvgIpc) is 2.67. The standard InChI is InChI=1S/C19H22N8O2/c1-10(2)6-14(17(20)28)26-15-9-24-16(18(21)29)19(27-15)25-11-7-13-12(23-8-11)4-3-5-22-13/h3-5,7-10,14H,6H2,1-2H3,(H2,20,28)(H2,21,29)(H2,25,26,27). The van der Waals surface area contributed by atoms with Crippen molar-refractivity contribution in [2.75, 3.05) is 10.6 Å². The van der Waals surface area contributed by atoms with Gasteiger partial charge in [0.15, 0.2) is 11.5 Å². The van der Waals surface area contributed by atoms with E-state index in [-0.39, 0.29) is 23.2 Å². The number of pyridine rings is 2. The number of amides is 2. The summed E-state index contributed by atoms with van der Waals surface area (Å²) in [5.74, 6) is -0.585. The maximum absolute atomic E-state index is 11.8. The molecule has 150 valence electrons. The first-order chi connectivity index (χ1) is 13.8. The Hall–Kier alpha value is -3.82. The summed E-state index contributed by atoms with van der Waals surface area (Å²) in [7, 11) is 0. The number of rotatable bonds is 8. The summed E-state index contributed by atoms with van der Waals surface area (Å²) in [5, 5.41) is 5.96. The fourth-order valence-electron chi connectivity index (χ4n) is 2.78. The molecule has 0 aliphatic carbocycles. The third-order valence-corrected chi connectivity index (χ3v) is 4.09.